The molecular weight excluding hydrogens is 210 g/mol. The minimum Gasteiger partial charge on any atom is -0.488 e. The van der Waals surface area contributed by atoms with E-state index in [2.05, 4.69) is 19.9 Å². The highest BCUT2D eigenvalue weighted by Gasteiger charge is 2.27. The fraction of sp³-hybridized carbons (Fsp3) is 0.600. The van der Waals surface area contributed by atoms with Crippen LogP contribution in [-0.2, 0) is 0 Å². The Morgan fingerprint density at radius 3 is 2.47 bits per heavy atom. The molecule has 1 aromatic rings. The SMILES string of the molecule is Cc1ccc(OC2CCC(C)(C)CC2)c(N)c1. The van der Waals surface area contributed by atoms with Gasteiger partial charge in [0.15, 0.2) is 0 Å². The van der Waals surface area contributed by atoms with Crippen molar-refractivity contribution in [1.29, 1.82) is 0 Å². The Bertz CT molecular complexity index is 388. The minimum absolute atomic E-state index is 0.341. The molecule has 0 amide bonds. The molecule has 17 heavy (non-hydrogen) atoms. The maximum absolute atomic E-state index is 6.01. The monoisotopic (exact) mass is 233 g/mol. The maximum atomic E-state index is 6.01. The van der Waals surface area contributed by atoms with E-state index in [1.807, 2.05) is 19.1 Å². The predicted octanol–water partition coefficient (Wildman–Crippen LogP) is 3.92. The van der Waals surface area contributed by atoms with E-state index in [1.54, 1.807) is 0 Å². The van der Waals surface area contributed by atoms with Crippen LogP contribution in [0.25, 0.3) is 0 Å². The molecule has 1 aliphatic carbocycles. The Balaban J connectivity index is 1.98. The van der Waals surface area contributed by atoms with Gasteiger partial charge in [-0.25, -0.2) is 0 Å². The molecule has 0 unspecified atom stereocenters. The van der Waals surface area contributed by atoms with E-state index in [9.17, 15) is 0 Å². The van der Waals surface area contributed by atoms with Crippen LogP contribution in [0, 0.1) is 12.3 Å². The molecule has 0 heterocycles. The summed E-state index contributed by atoms with van der Waals surface area (Å²) in [6, 6.07) is 6.02. The summed E-state index contributed by atoms with van der Waals surface area (Å²) in [7, 11) is 0. The third kappa shape index (κ3) is 3.15. The van der Waals surface area contributed by atoms with Crippen LogP contribution in [0.15, 0.2) is 18.2 Å². The highest BCUT2D eigenvalue weighted by Crippen LogP contribution is 2.37. The molecule has 1 aliphatic rings. The Kier molecular flexibility index (Phi) is 3.32. The molecule has 0 radical (unpaired) electrons. The van der Waals surface area contributed by atoms with E-state index < -0.39 is 0 Å². The second-order valence-corrected chi connectivity index (χ2v) is 6.02. The van der Waals surface area contributed by atoms with Gasteiger partial charge in [-0.3, -0.25) is 0 Å². The number of anilines is 1. The van der Waals surface area contributed by atoms with Gasteiger partial charge in [-0.1, -0.05) is 19.9 Å². The van der Waals surface area contributed by atoms with Crippen LogP contribution in [-0.4, -0.2) is 6.10 Å². The third-order valence-electron chi connectivity index (χ3n) is 3.75. The van der Waals surface area contributed by atoms with Gasteiger partial charge in [0.05, 0.1) is 11.8 Å². The average molecular weight is 233 g/mol. The van der Waals surface area contributed by atoms with Gasteiger partial charge in [0.1, 0.15) is 5.75 Å². The van der Waals surface area contributed by atoms with Gasteiger partial charge < -0.3 is 10.5 Å². The largest absolute Gasteiger partial charge is 0.488 e. The van der Waals surface area contributed by atoms with Crippen molar-refractivity contribution in [1.82, 2.24) is 0 Å². The van der Waals surface area contributed by atoms with Gasteiger partial charge in [0.2, 0.25) is 0 Å². The molecular formula is C15H23NO. The van der Waals surface area contributed by atoms with E-state index >= 15 is 0 Å². The molecule has 2 nitrogen and oxygen atoms in total. The van der Waals surface area contributed by atoms with Crippen LogP contribution >= 0.6 is 0 Å². The third-order valence-corrected chi connectivity index (χ3v) is 3.75. The van der Waals surface area contributed by atoms with Gasteiger partial charge in [-0.15, -0.1) is 0 Å². The van der Waals surface area contributed by atoms with Crippen LogP contribution < -0.4 is 10.5 Å². The first-order valence-corrected chi connectivity index (χ1v) is 6.49. The Morgan fingerprint density at radius 1 is 1.24 bits per heavy atom. The van der Waals surface area contributed by atoms with Gasteiger partial charge in [0.25, 0.3) is 0 Å². The zero-order valence-electron chi connectivity index (χ0n) is 11.1. The number of nitrogens with two attached hydrogens (primary N) is 1. The molecule has 94 valence electrons. The quantitative estimate of drug-likeness (QED) is 0.786. The molecule has 0 aliphatic heterocycles. The maximum Gasteiger partial charge on any atom is 0.142 e. The van der Waals surface area contributed by atoms with E-state index in [0.29, 0.717) is 11.5 Å². The lowest BCUT2D eigenvalue weighted by molar-refractivity contribution is 0.0994. The molecule has 0 aromatic heterocycles. The Hall–Kier alpha value is -1.18. The lowest BCUT2D eigenvalue weighted by Gasteiger charge is -2.34. The fourth-order valence-corrected chi connectivity index (χ4v) is 2.45. The number of nitrogen functional groups attached to an aromatic ring is 1. The summed E-state index contributed by atoms with van der Waals surface area (Å²) in [6.45, 7) is 6.72. The summed E-state index contributed by atoms with van der Waals surface area (Å²) in [5, 5.41) is 0. The molecule has 2 heteroatoms. The van der Waals surface area contributed by atoms with Gasteiger partial charge in [-0.2, -0.15) is 0 Å². The number of benzene rings is 1. The summed E-state index contributed by atoms with van der Waals surface area (Å²) in [5.74, 6) is 0.848. The van der Waals surface area contributed by atoms with Gasteiger partial charge in [0, 0.05) is 0 Å². The first-order valence-electron chi connectivity index (χ1n) is 6.49. The molecule has 0 atom stereocenters. The predicted molar refractivity (Wildman–Crippen MR) is 72.3 cm³/mol. The molecule has 2 rings (SSSR count). The summed E-state index contributed by atoms with van der Waals surface area (Å²) < 4.78 is 6.01. The molecule has 1 fully saturated rings. The summed E-state index contributed by atoms with van der Waals surface area (Å²) in [6.07, 6.45) is 5.10. The number of rotatable bonds is 2. The number of ether oxygens (including phenoxy) is 1. The van der Waals surface area contributed by atoms with E-state index in [4.69, 9.17) is 10.5 Å². The molecule has 1 aromatic carbocycles. The van der Waals surface area contributed by atoms with E-state index in [0.717, 1.165) is 24.3 Å². The van der Waals surface area contributed by atoms with Crippen molar-refractivity contribution < 1.29 is 4.74 Å². The minimum atomic E-state index is 0.341. The highest BCUT2D eigenvalue weighted by atomic mass is 16.5. The van der Waals surface area contributed by atoms with Gasteiger partial charge >= 0.3 is 0 Å². The molecule has 0 bridgehead atoms. The van der Waals surface area contributed by atoms with Crippen molar-refractivity contribution in [3.63, 3.8) is 0 Å². The Labute approximate surface area is 104 Å². The van der Waals surface area contributed by atoms with Crippen LogP contribution in [0.4, 0.5) is 5.69 Å². The number of hydrogen-bond donors (Lipinski definition) is 1. The zero-order chi connectivity index (χ0) is 12.5. The first kappa shape index (κ1) is 12.3. The smallest absolute Gasteiger partial charge is 0.142 e. The zero-order valence-corrected chi connectivity index (χ0v) is 11.1. The lowest BCUT2D eigenvalue weighted by Crippen LogP contribution is -2.28. The molecule has 0 saturated heterocycles. The van der Waals surface area contributed by atoms with Crippen molar-refractivity contribution in [2.24, 2.45) is 5.41 Å². The molecule has 2 N–H and O–H groups in total. The van der Waals surface area contributed by atoms with Crippen LogP contribution in [0.5, 0.6) is 5.75 Å². The van der Waals surface area contributed by atoms with Crippen molar-refractivity contribution >= 4 is 5.69 Å². The normalized spacial score (nSPS) is 20.2. The van der Waals surface area contributed by atoms with Crippen molar-refractivity contribution in [3.8, 4) is 5.75 Å². The fourth-order valence-electron chi connectivity index (χ4n) is 2.45. The summed E-state index contributed by atoms with van der Waals surface area (Å²) in [4.78, 5) is 0. The topological polar surface area (TPSA) is 35.2 Å². The van der Waals surface area contributed by atoms with Gasteiger partial charge in [-0.05, 0) is 55.7 Å². The summed E-state index contributed by atoms with van der Waals surface area (Å²) >= 11 is 0. The first-order chi connectivity index (χ1) is 7.96. The van der Waals surface area contributed by atoms with Crippen LogP contribution in [0.2, 0.25) is 0 Å². The Morgan fingerprint density at radius 2 is 1.88 bits per heavy atom. The van der Waals surface area contributed by atoms with Crippen LogP contribution in [0.3, 0.4) is 0 Å². The van der Waals surface area contributed by atoms with E-state index in [1.165, 1.54) is 18.4 Å². The standard InChI is InChI=1S/C15H23NO/c1-11-4-5-14(13(16)10-11)17-12-6-8-15(2,3)9-7-12/h4-5,10,12H,6-9,16H2,1-3H3. The summed E-state index contributed by atoms with van der Waals surface area (Å²) in [5.41, 5.74) is 8.39. The van der Waals surface area contributed by atoms with Crippen molar-refractivity contribution in [2.45, 2.75) is 52.6 Å². The number of hydrogen-bond acceptors (Lipinski definition) is 2. The second-order valence-electron chi connectivity index (χ2n) is 6.02. The van der Waals surface area contributed by atoms with Crippen LogP contribution in [0.1, 0.15) is 45.1 Å². The highest BCUT2D eigenvalue weighted by molar-refractivity contribution is 5.54. The average Bonchev–Trinajstić information content (AvgIpc) is 2.25. The second kappa shape index (κ2) is 4.59. The molecule has 0 spiro atoms. The van der Waals surface area contributed by atoms with Crippen molar-refractivity contribution in [3.05, 3.63) is 23.8 Å². The van der Waals surface area contributed by atoms with E-state index in [-0.39, 0.29) is 0 Å². The number of aryl methyl sites for hydroxylation is 1. The molecule has 1 saturated carbocycles. The lowest BCUT2D eigenvalue weighted by atomic mass is 9.76. The van der Waals surface area contributed by atoms with Crippen molar-refractivity contribution in [2.75, 3.05) is 5.73 Å².